The maximum atomic E-state index is 12.4. The summed E-state index contributed by atoms with van der Waals surface area (Å²) in [7, 11) is 0. The van der Waals surface area contributed by atoms with Crippen LogP contribution in [0.4, 0.5) is 0 Å². The van der Waals surface area contributed by atoms with Crippen molar-refractivity contribution in [2.24, 2.45) is 11.8 Å². The number of carbonyl (C=O) groups is 1. The van der Waals surface area contributed by atoms with Crippen LogP contribution in [0.5, 0.6) is 0 Å². The lowest BCUT2D eigenvalue weighted by Crippen LogP contribution is -2.59. The number of nitrogens with one attached hydrogen (secondary N) is 1. The molecule has 2 aliphatic rings. The molecule has 4 rings (SSSR count). The van der Waals surface area contributed by atoms with Crippen LogP contribution in [-0.4, -0.2) is 26.7 Å². The van der Waals surface area contributed by atoms with Crippen molar-refractivity contribution in [3.05, 3.63) is 48.5 Å². The highest BCUT2D eigenvalue weighted by molar-refractivity contribution is 5.76. The number of benzene rings is 1. The first-order valence-corrected chi connectivity index (χ1v) is 8.49. The second-order valence-electron chi connectivity index (χ2n) is 6.73. The predicted molar refractivity (Wildman–Crippen MR) is 86.6 cm³/mol. The van der Waals surface area contributed by atoms with E-state index in [-0.39, 0.29) is 18.5 Å². The molecule has 2 fully saturated rings. The molecule has 23 heavy (non-hydrogen) atoms. The van der Waals surface area contributed by atoms with Gasteiger partial charge in [-0.2, -0.15) is 5.10 Å². The van der Waals surface area contributed by atoms with Crippen LogP contribution in [0.3, 0.4) is 0 Å². The lowest BCUT2D eigenvalue weighted by Gasteiger charge is -2.55. The minimum atomic E-state index is 0.0328. The van der Waals surface area contributed by atoms with Gasteiger partial charge in [-0.1, -0.05) is 43.2 Å². The number of hydrogen-bond acceptors (Lipinski definition) is 3. The summed E-state index contributed by atoms with van der Waals surface area (Å²) in [6.45, 7) is 0.245. The Morgan fingerprint density at radius 3 is 2.70 bits per heavy atom. The summed E-state index contributed by atoms with van der Waals surface area (Å²) in [5.41, 5.74) is 1.36. The highest BCUT2D eigenvalue weighted by Gasteiger charge is 2.51. The molecule has 0 aliphatic heterocycles. The summed E-state index contributed by atoms with van der Waals surface area (Å²) in [5.74, 6) is 1.85. The Labute approximate surface area is 136 Å². The Morgan fingerprint density at radius 1 is 1.17 bits per heavy atom. The van der Waals surface area contributed by atoms with Crippen molar-refractivity contribution in [3.63, 3.8) is 0 Å². The van der Waals surface area contributed by atoms with Crippen LogP contribution >= 0.6 is 0 Å². The van der Waals surface area contributed by atoms with Gasteiger partial charge in [0.15, 0.2) is 0 Å². The van der Waals surface area contributed by atoms with Gasteiger partial charge in [0.1, 0.15) is 19.2 Å². The largest absolute Gasteiger partial charge is 0.351 e. The van der Waals surface area contributed by atoms with E-state index in [1.807, 2.05) is 0 Å². The fraction of sp³-hybridized carbons (Fsp3) is 0.500. The van der Waals surface area contributed by atoms with Gasteiger partial charge in [0, 0.05) is 12.0 Å². The smallest absolute Gasteiger partial charge is 0.242 e. The molecule has 1 aromatic heterocycles. The summed E-state index contributed by atoms with van der Waals surface area (Å²) in [6.07, 6.45) is 8.18. The Balaban J connectivity index is 1.49. The molecular weight excluding hydrogens is 288 g/mol. The molecule has 1 N–H and O–H groups in total. The molecule has 1 amide bonds. The molecule has 0 unspecified atom stereocenters. The molecule has 0 radical (unpaired) electrons. The van der Waals surface area contributed by atoms with E-state index in [4.69, 9.17) is 0 Å². The van der Waals surface area contributed by atoms with Gasteiger partial charge in [-0.25, -0.2) is 9.67 Å². The Kier molecular flexibility index (Phi) is 3.85. The molecule has 0 spiro atoms. The molecule has 2 aliphatic carbocycles. The molecule has 120 valence electrons. The maximum Gasteiger partial charge on any atom is 0.242 e. The zero-order chi connectivity index (χ0) is 15.6. The number of amides is 1. The van der Waals surface area contributed by atoms with Gasteiger partial charge in [0.25, 0.3) is 0 Å². The van der Waals surface area contributed by atoms with Crippen LogP contribution in [0.1, 0.15) is 37.2 Å². The van der Waals surface area contributed by atoms with E-state index in [0.717, 1.165) is 5.92 Å². The fourth-order valence-corrected chi connectivity index (χ4v) is 4.49. The molecule has 0 saturated heterocycles. The van der Waals surface area contributed by atoms with Gasteiger partial charge in [-0.15, -0.1) is 0 Å². The highest BCUT2D eigenvalue weighted by atomic mass is 16.2. The molecule has 2 aromatic rings. The highest BCUT2D eigenvalue weighted by Crippen LogP contribution is 2.54. The van der Waals surface area contributed by atoms with Gasteiger partial charge in [-0.05, 0) is 30.2 Å². The molecule has 5 nitrogen and oxygen atoms in total. The van der Waals surface area contributed by atoms with E-state index in [2.05, 4.69) is 45.7 Å². The van der Waals surface area contributed by atoms with Crippen molar-refractivity contribution in [2.75, 3.05) is 0 Å². The van der Waals surface area contributed by atoms with Crippen molar-refractivity contribution in [1.29, 1.82) is 0 Å². The maximum absolute atomic E-state index is 12.4. The van der Waals surface area contributed by atoms with Gasteiger partial charge >= 0.3 is 0 Å². The molecule has 5 heteroatoms. The van der Waals surface area contributed by atoms with Crippen molar-refractivity contribution >= 4 is 5.91 Å². The van der Waals surface area contributed by atoms with Gasteiger partial charge in [0.05, 0.1) is 0 Å². The van der Waals surface area contributed by atoms with Gasteiger partial charge < -0.3 is 5.32 Å². The summed E-state index contributed by atoms with van der Waals surface area (Å²) < 4.78 is 1.57. The Bertz CT molecular complexity index is 655. The summed E-state index contributed by atoms with van der Waals surface area (Å²) in [4.78, 5) is 16.3. The third-order valence-corrected chi connectivity index (χ3v) is 5.47. The molecule has 4 atom stereocenters. The number of rotatable bonds is 4. The average Bonchev–Trinajstić information content (AvgIpc) is 3.07. The normalized spacial score (nSPS) is 29.4. The van der Waals surface area contributed by atoms with Crippen LogP contribution in [0.15, 0.2) is 43.0 Å². The van der Waals surface area contributed by atoms with E-state index in [0.29, 0.717) is 11.8 Å². The first kappa shape index (κ1) is 14.4. The minimum absolute atomic E-state index is 0.0328. The minimum Gasteiger partial charge on any atom is -0.351 e. The Hall–Kier alpha value is -2.17. The fourth-order valence-electron chi connectivity index (χ4n) is 4.49. The number of hydrogen-bond donors (Lipinski definition) is 1. The van der Waals surface area contributed by atoms with E-state index in [1.54, 1.807) is 11.0 Å². The van der Waals surface area contributed by atoms with Gasteiger partial charge in [-0.3, -0.25) is 4.79 Å². The first-order chi connectivity index (χ1) is 11.3. The lowest BCUT2D eigenvalue weighted by atomic mass is 9.53. The third-order valence-electron chi connectivity index (χ3n) is 5.47. The van der Waals surface area contributed by atoms with Gasteiger partial charge in [0.2, 0.25) is 5.91 Å². The monoisotopic (exact) mass is 310 g/mol. The summed E-state index contributed by atoms with van der Waals surface area (Å²) in [6, 6.07) is 10.9. The quantitative estimate of drug-likeness (QED) is 0.943. The first-order valence-electron chi connectivity index (χ1n) is 8.49. The third kappa shape index (κ3) is 2.76. The van der Waals surface area contributed by atoms with Crippen LogP contribution in [0.25, 0.3) is 0 Å². The van der Waals surface area contributed by atoms with Crippen LogP contribution in [-0.2, 0) is 11.3 Å². The lowest BCUT2D eigenvalue weighted by molar-refractivity contribution is -0.125. The van der Waals surface area contributed by atoms with E-state index < -0.39 is 0 Å². The number of aromatic nitrogens is 3. The summed E-state index contributed by atoms with van der Waals surface area (Å²) in [5, 5.41) is 7.29. The molecule has 0 bridgehead atoms. The standard InChI is InChI=1S/C18H22N4O/c23-16(10-22-12-19-11-20-22)21-18-15-9-5-4-8-14(15)17(18)13-6-2-1-3-7-13/h1-3,6-7,11-12,14-15,17-18H,4-5,8-10H2,(H,21,23)/t14-,15+,17-,18-/m0/s1. The Morgan fingerprint density at radius 2 is 1.96 bits per heavy atom. The van der Waals surface area contributed by atoms with Crippen LogP contribution < -0.4 is 5.32 Å². The number of carbonyl (C=O) groups excluding carboxylic acids is 1. The second kappa shape index (κ2) is 6.14. The molecule has 1 heterocycles. The van der Waals surface area contributed by atoms with Crippen molar-refractivity contribution in [3.8, 4) is 0 Å². The van der Waals surface area contributed by atoms with Crippen molar-refractivity contribution in [2.45, 2.75) is 44.2 Å². The van der Waals surface area contributed by atoms with Crippen LogP contribution in [0, 0.1) is 11.8 Å². The number of nitrogens with zero attached hydrogens (tertiary/aromatic N) is 3. The molecular formula is C18H22N4O. The van der Waals surface area contributed by atoms with Crippen molar-refractivity contribution in [1.82, 2.24) is 20.1 Å². The molecule has 1 aromatic carbocycles. The zero-order valence-electron chi connectivity index (χ0n) is 13.1. The average molecular weight is 310 g/mol. The summed E-state index contributed by atoms with van der Waals surface area (Å²) >= 11 is 0. The topological polar surface area (TPSA) is 59.8 Å². The van der Waals surface area contributed by atoms with E-state index >= 15 is 0 Å². The van der Waals surface area contributed by atoms with E-state index in [9.17, 15) is 4.79 Å². The SMILES string of the molecule is O=C(Cn1cncn1)N[C@H]1[C@@H]2CCCC[C@@H]2[C@@H]1c1ccccc1. The number of fused-ring (bicyclic) bond motifs is 1. The molecule has 2 saturated carbocycles. The van der Waals surface area contributed by atoms with Crippen molar-refractivity contribution < 1.29 is 4.79 Å². The van der Waals surface area contributed by atoms with Crippen LogP contribution in [0.2, 0.25) is 0 Å². The predicted octanol–water partition coefficient (Wildman–Crippen LogP) is 2.37. The zero-order valence-corrected chi connectivity index (χ0v) is 13.1. The van der Waals surface area contributed by atoms with E-state index in [1.165, 1.54) is 37.6 Å². The second-order valence-corrected chi connectivity index (χ2v) is 6.73.